The number of aliphatic carboxylic acids is 1. The number of carboxylic acid groups (broad SMARTS) is 1. The Morgan fingerprint density at radius 3 is 2.12 bits per heavy atom. The Kier molecular flexibility index (Phi) is 10.8. The van der Waals surface area contributed by atoms with E-state index in [1.54, 1.807) is 0 Å². The first-order chi connectivity index (χ1) is 11.1. The van der Waals surface area contributed by atoms with Crippen molar-refractivity contribution in [3.05, 3.63) is 0 Å². The summed E-state index contributed by atoms with van der Waals surface area (Å²) in [6.45, 7) is 11.2. The zero-order valence-electron chi connectivity index (χ0n) is 15.6. The van der Waals surface area contributed by atoms with Gasteiger partial charge < -0.3 is 24.6 Å². The zero-order valence-corrected chi connectivity index (χ0v) is 15.6. The Hall–Kier alpha value is -1.18. The average Bonchev–Trinajstić information content (AvgIpc) is 2.44. The van der Waals surface area contributed by atoms with Gasteiger partial charge in [-0.05, 0) is 47.0 Å². The molecule has 0 aliphatic heterocycles. The lowest BCUT2D eigenvalue weighted by Gasteiger charge is -2.29. The van der Waals surface area contributed by atoms with Crippen LogP contribution in [0.3, 0.4) is 0 Å². The molecule has 0 aliphatic rings. The number of amides is 1. The van der Waals surface area contributed by atoms with Gasteiger partial charge in [-0.2, -0.15) is 0 Å². The minimum atomic E-state index is -1.09. The lowest BCUT2D eigenvalue weighted by molar-refractivity contribution is -0.143. The number of rotatable bonds is 14. The fraction of sp³-hybridized carbons (Fsp3) is 0.882. The Morgan fingerprint density at radius 2 is 1.54 bits per heavy atom. The van der Waals surface area contributed by atoms with E-state index >= 15 is 0 Å². The molecule has 0 aromatic rings. The molecular weight excluding hydrogens is 314 g/mol. The topological polar surface area (TPSA) is 94.1 Å². The normalized spacial score (nSPS) is 12.2. The quantitative estimate of drug-likeness (QED) is 0.499. The molecule has 7 nitrogen and oxygen atoms in total. The maximum Gasteiger partial charge on any atom is 0.329 e. The highest BCUT2D eigenvalue weighted by Crippen LogP contribution is 2.19. The molecule has 0 radical (unpaired) electrons. The molecule has 0 saturated carbocycles. The van der Waals surface area contributed by atoms with Crippen LogP contribution in [0.4, 0.5) is 0 Å². The molecule has 1 amide bonds. The van der Waals surface area contributed by atoms with Crippen LogP contribution in [0.2, 0.25) is 0 Å². The molecule has 0 unspecified atom stereocenters. The van der Waals surface area contributed by atoms with Crippen molar-refractivity contribution in [2.24, 2.45) is 0 Å². The summed E-state index contributed by atoms with van der Waals surface area (Å²) < 4.78 is 16.4. The summed E-state index contributed by atoms with van der Waals surface area (Å²) in [5, 5.41) is 11.1. The van der Waals surface area contributed by atoms with Crippen LogP contribution in [0.25, 0.3) is 0 Å². The van der Waals surface area contributed by atoms with Crippen LogP contribution in [0.15, 0.2) is 0 Å². The summed E-state index contributed by atoms with van der Waals surface area (Å²) in [6.07, 6.45) is 2.44. The summed E-state index contributed by atoms with van der Waals surface area (Å²) in [6, 6.07) is 0. The van der Waals surface area contributed by atoms with Crippen molar-refractivity contribution < 1.29 is 28.9 Å². The molecule has 0 spiro atoms. The Labute approximate surface area is 145 Å². The number of nitrogens with one attached hydrogen (secondary N) is 1. The van der Waals surface area contributed by atoms with Crippen LogP contribution >= 0.6 is 0 Å². The number of carbonyl (C=O) groups is 2. The van der Waals surface area contributed by atoms with Crippen molar-refractivity contribution in [2.75, 3.05) is 33.0 Å². The second-order valence-electron chi connectivity index (χ2n) is 6.95. The molecule has 0 aromatic carbocycles. The number of hydrogen-bond acceptors (Lipinski definition) is 5. The van der Waals surface area contributed by atoms with Crippen LogP contribution in [-0.4, -0.2) is 61.2 Å². The van der Waals surface area contributed by atoms with Gasteiger partial charge in [-0.1, -0.05) is 6.92 Å². The summed E-state index contributed by atoms with van der Waals surface area (Å²) >= 11 is 0. The minimum Gasteiger partial charge on any atom is -0.480 e. The van der Waals surface area contributed by atoms with Crippen LogP contribution < -0.4 is 5.32 Å². The van der Waals surface area contributed by atoms with Crippen LogP contribution in [0.1, 0.15) is 53.9 Å². The van der Waals surface area contributed by atoms with Crippen molar-refractivity contribution in [1.82, 2.24) is 5.32 Å². The highest BCUT2D eigenvalue weighted by Gasteiger charge is 2.22. The van der Waals surface area contributed by atoms with Gasteiger partial charge in [0.15, 0.2) is 0 Å². The van der Waals surface area contributed by atoms with Gasteiger partial charge in [0.25, 0.3) is 0 Å². The standard InChI is InChI=1S/C17H33NO6/c1-6-10-23-17(4,5)8-11-24-16(2,3)7-9-18-14(19)12-22-13-15(20)21/h6-13H2,1-5H3,(H,18,19)(H,20,21). The van der Waals surface area contributed by atoms with Gasteiger partial charge in [-0.15, -0.1) is 0 Å². The van der Waals surface area contributed by atoms with Gasteiger partial charge in [-0.25, -0.2) is 4.79 Å². The predicted molar refractivity (Wildman–Crippen MR) is 91.1 cm³/mol. The molecule has 0 aromatic heterocycles. The molecule has 0 fully saturated rings. The second kappa shape index (κ2) is 11.4. The van der Waals surface area contributed by atoms with E-state index in [2.05, 4.69) is 26.1 Å². The fourth-order valence-corrected chi connectivity index (χ4v) is 1.88. The van der Waals surface area contributed by atoms with E-state index in [0.717, 1.165) is 19.4 Å². The summed E-state index contributed by atoms with van der Waals surface area (Å²) in [7, 11) is 0. The lowest BCUT2D eigenvalue weighted by atomic mass is 10.0. The highest BCUT2D eigenvalue weighted by atomic mass is 16.5. The zero-order chi connectivity index (χ0) is 18.6. The fourth-order valence-electron chi connectivity index (χ4n) is 1.88. The number of ether oxygens (including phenoxy) is 3. The number of carboxylic acids is 1. The third-order valence-electron chi connectivity index (χ3n) is 3.40. The van der Waals surface area contributed by atoms with E-state index in [1.165, 1.54) is 0 Å². The number of carbonyl (C=O) groups excluding carboxylic acids is 1. The van der Waals surface area contributed by atoms with Crippen molar-refractivity contribution in [2.45, 2.75) is 65.1 Å². The predicted octanol–water partition coefficient (Wildman–Crippen LogP) is 1.98. The van der Waals surface area contributed by atoms with Gasteiger partial charge in [0.1, 0.15) is 13.2 Å². The van der Waals surface area contributed by atoms with E-state index in [9.17, 15) is 9.59 Å². The molecular formula is C17H33NO6. The molecule has 0 bridgehead atoms. The molecule has 24 heavy (non-hydrogen) atoms. The van der Waals surface area contributed by atoms with Crippen molar-refractivity contribution >= 4 is 11.9 Å². The molecule has 0 rings (SSSR count). The molecule has 142 valence electrons. The summed E-state index contributed by atoms with van der Waals surface area (Å²) in [4.78, 5) is 21.7. The number of hydrogen-bond donors (Lipinski definition) is 2. The minimum absolute atomic E-state index is 0.207. The van der Waals surface area contributed by atoms with Crippen molar-refractivity contribution in [1.29, 1.82) is 0 Å². The Balaban J connectivity index is 3.88. The van der Waals surface area contributed by atoms with E-state index in [-0.39, 0.29) is 23.7 Å². The monoisotopic (exact) mass is 347 g/mol. The Morgan fingerprint density at radius 1 is 0.958 bits per heavy atom. The molecule has 0 aliphatic carbocycles. The van der Waals surface area contributed by atoms with Gasteiger partial charge in [0, 0.05) is 13.2 Å². The van der Waals surface area contributed by atoms with E-state index in [0.29, 0.717) is 19.6 Å². The lowest BCUT2D eigenvalue weighted by Crippen LogP contribution is -2.36. The van der Waals surface area contributed by atoms with Gasteiger partial charge in [0.2, 0.25) is 5.91 Å². The first-order valence-electron chi connectivity index (χ1n) is 8.42. The maximum atomic E-state index is 11.5. The molecule has 0 heterocycles. The largest absolute Gasteiger partial charge is 0.480 e. The van der Waals surface area contributed by atoms with Gasteiger partial charge in [-0.3, -0.25) is 4.79 Å². The van der Waals surface area contributed by atoms with Crippen LogP contribution in [0.5, 0.6) is 0 Å². The SMILES string of the molecule is CCCOC(C)(C)CCOC(C)(C)CCNC(=O)COCC(=O)O. The summed E-state index contributed by atoms with van der Waals surface area (Å²) in [5.41, 5.74) is -0.572. The maximum absolute atomic E-state index is 11.5. The first-order valence-corrected chi connectivity index (χ1v) is 8.42. The first kappa shape index (κ1) is 22.8. The van der Waals surface area contributed by atoms with Crippen molar-refractivity contribution in [3.8, 4) is 0 Å². The third kappa shape index (κ3) is 13.3. The van der Waals surface area contributed by atoms with E-state index in [4.69, 9.17) is 19.3 Å². The molecule has 7 heteroatoms. The van der Waals surface area contributed by atoms with Gasteiger partial charge >= 0.3 is 5.97 Å². The highest BCUT2D eigenvalue weighted by molar-refractivity contribution is 5.77. The van der Waals surface area contributed by atoms with Gasteiger partial charge in [0.05, 0.1) is 17.8 Å². The smallest absolute Gasteiger partial charge is 0.329 e. The van der Waals surface area contributed by atoms with Crippen molar-refractivity contribution in [3.63, 3.8) is 0 Å². The Bertz CT molecular complexity index is 381. The molecule has 0 atom stereocenters. The van der Waals surface area contributed by atoms with Crippen LogP contribution in [-0.2, 0) is 23.8 Å². The van der Waals surface area contributed by atoms with E-state index < -0.39 is 12.6 Å². The molecule has 0 saturated heterocycles. The third-order valence-corrected chi connectivity index (χ3v) is 3.40. The second-order valence-corrected chi connectivity index (χ2v) is 6.95. The average molecular weight is 347 g/mol. The van der Waals surface area contributed by atoms with E-state index in [1.807, 2.05) is 13.8 Å². The van der Waals surface area contributed by atoms with Crippen LogP contribution in [0, 0.1) is 0 Å². The molecule has 2 N–H and O–H groups in total. The summed E-state index contributed by atoms with van der Waals surface area (Å²) in [5.74, 6) is -1.43.